The van der Waals surface area contributed by atoms with Crippen LogP contribution in [0.2, 0.25) is 0 Å². The smallest absolute Gasteiger partial charge is 0.269 e. The molecule has 0 fully saturated rings. The molecular formula is C15H24N2O2. The Labute approximate surface area is 115 Å². The minimum atomic E-state index is -0.348. The molecule has 1 aromatic rings. The summed E-state index contributed by atoms with van der Waals surface area (Å²) < 4.78 is 0. The summed E-state index contributed by atoms with van der Waals surface area (Å²) >= 11 is 0. The van der Waals surface area contributed by atoms with Gasteiger partial charge in [0.25, 0.3) is 5.69 Å². The molecule has 4 heteroatoms. The third kappa shape index (κ3) is 5.83. The lowest BCUT2D eigenvalue weighted by Crippen LogP contribution is -2.22. The first kappa shape index (κ1) is 15.6. The van der Waals surface area contributed by atoms with Gasteiger partial charge in [0.1, 0.15) is 0 Å². The first-order chi connectivity index (χ1) is 9.17. The van der Waals surface area contributed by atoms with Crippen molar-refractivity contribution in [2.45, 2.75) is 46.1 Å². The summed E-state index contributed by atoms with van der Waals surface area (Å²) in [6.07, 6.45) is 4.95. The molecule has 0 bridgehead atoms. The molecule has 0 saturated carbocycles. The Morgan fingerprint density at radius 2 is 2.16 bits per heavy atom. The molecule has 1 aromatic carbocycles. The molecule has 1 rings (SSSR count). The fourth-order valence-corrected chi connectivity index (χ4v) is 2.14. The van der Waals surface area contributed by atoms with E-state index in [0.29, 0.717) is 12.5 Å². The van der Waals surface area contributed by atoms with Gasteiger partial charge in [-0.1, -0.05) is 45.2 Å². The van der Waals surface area contributed by atoms with Gasteiger partial charge in [0.15, 0.2) is 0 Å². The zero-order valence-electron chi connectivity index (χ0n) is 11.9. The molecule has 0 aliphatic carbocycles. The third-order valence-electron chi connectivity index (χ3n) is 3.43. The van der Waals surface area contributed by atoms with Crippen LogP contribution in [0.4, 0.5) is 5.69 Å². The molecule has 106 valence electrons. The Hall–Kier alpha value is -1.42. The van der Waals surface area contributed by atoms with Gasteiger partial charge in [-0.2, -0.15) is 0 Å². The minimum Gasteiger partial charge on any atom is -0.312 e. The van der Waals surface area contributed by atoms with Crippen molar-refractivity contribution in [2.24, 2.45) is 5.92 Å². The molecule has 19 heavy (non-hydrogen) atoms. The van der Waals surface area contributed by atoms with E-state index in [1.54, 1.807) is 12.1 Å². The number of benzene rings is 1. The van der Waals surface area contributed by atoms with Gasteiger partial charge in [0.05, 0.1) is 4.92 Å². The zero-order chi connectivity index (χ0) is 14.1. The summed E-state index contributed by atoms with van der Waals surface area (Å²) in [5, 5.41) is 14.1. The van der Waals surface area contributed by atoms with Crippen molar-refractivity contribution in [3.05, 3.63) is 39.9 Å². The maximum atomic E-state index is 10.7. The molecular weight excluding hydrogens is 240 g/mol. The topological polar surface area (TPSA) is 55.2 Å². The molecule has 0 amide bonds. The Morgan fingerprint density at radius 3 is 2.79 bits per heavy atom. The normalized spacial score (nSPS) is 12.3. The van der Waals surface area contributed by atoms with Crippen molar-refractivity contribution in [1.82, 2.24) is 5.32 Å². The molecule has 0 aliphatic heterocycles. The van der Waals surface area contributed by atoms with Crippen LogP contribution in [0.3, 0.4) is 0 Å². The van der Waals surface area contributed by atoms with Crippen molar-refractivity contribution in [2.75, 3.05) is 6.54 Å². The Kier molecular flexibility index (Phi) is 7.11. The molecule has 0 saturated heterocycles. The molecule has 4 nitrogen and oxygen atoms in total. The van der Waals surface area contributed by atoms with Crippen LogP contribution in [0.15, 0.2) is 24.3 Å². The molecule has 1 atom stereocenters. The molecule has 0 heterocycles. The van der Waals surface area contributed by atoms with Crippen molar-refractivity contribution < 1.29 is 4.92 Å². The van der Waals surface area contributed by atoms with Crippen LogP contribution in [0.25, 0.3) is 0 Å². The Morgan fingerprint density at radius 1 is 1.37 bits per heavy atom. The highest BCUT2D eigenvalue weighted by Gasteiger charge is 2.07. The van der Waals surface area contributed by atoms with Crippen molar-refractivity contribution in [1.29, 1.82) is 0 Å². The second-order valence-corrected chi connectivity index (χ2v) is 4.97. The molecule has 0 spiro atoms. The number of unbranched alkanes of at least 4 members (excludes halogenated alkanes) is 1. The van der Waals surface area contributed by atoms with E-state index in [-0.39, 0.29) is 10.6 Å². The lowest BCUT2D eigenvalue weighted by molar-refractivity contribution is -0.384. The number of nitrogens with one attached hydrogen (secondary N) is 1. The number of rotatable bonds is 9. The zero-order valence-corrected chi connectivity index (χ0v) is 11.9. The number of hydrogen-bond donors (Lipinski definition) is 1. The van der Waals surface area contributed by atoms with Gasteiger partial charge < -0.3 is 5.32 Å². The summed E-state index contributed by atoms with van der Waals surface area (Å²) in [6.45, 7) is 6.11. The SMILES string of the molecule is CCCCC(CC)CNCc1cccc([N+](=O)[O-])c1. The van der Waals surface area contributed by atoms with Gasteiger partial charge in [0.2, 0.25) is 0 Å². The monoisotopic (exact) mass is 264 g/mol. The summed E-state index contributed by atoms with van der Waals surface area (Å²) in [7, 11) is 0. The fourth-order valence-electron chi connectivity index (χ4n) is 2.14. The number of nitro groups is 1. The highest BCUT2D eigenvalue weighted by Crippen LogP contribution is 2.14. The summed E-state index contributed by atoms with van der Waals surface area (Å²) in [5.74, 6) is 0.707. The fraction of sp³-hybridized carbons (Fsp3) is 0.600. The minimum absolute atomic E-state index is 0.164. The van der Waals surface area contributed by atoms with E-state index in [1.165, 1.54) is 31.7 Å². The highest BCUT2D eigenvalue weighted by atomic mass is 16.6. The molecule has 0 aliphatic rings. The van der Waals surface area contributed by atoms with E-state index in [2.05, 4.69) is 19.2 Å². The first-order valence-corrected chi connectivity index (χ1v) is 7.11. The van der Waals surface area contributed by atoms with E-state index < -0.39 is 0 Å². The summed E-state index contributed by atoms with van der Waals surface area (Å²) in [4.78, 5) is 10.3. The molecule has 0 radical (unpaired) electrons. The van der Waals surface area contributed by atoms with Crippen LogP contribution in [0.1, 0.15) is 45.1 Å². The van der Waals surface area contributed by atoms with Crippen molar-refractivity contribution in [3.63, 3.8) is 0 Å². The average Bonchev–Trinajstić information content (AvgIpc) is 2.43. The molecule has 0 aromatic heterocycles. The molecule has 1 N–H and O–H groups in total. The largest absolute Gasteiger partial charge is 0.312 e. The quantitative estimate of drug-likeness (QED) is 0.543. The number of hydrogen-bond acceptors (Lipinski definition) is 3. The lowest BCUT2D eigenvalue weighted by Gasteiger charge is -2.15. The summed E-state index contributed by atoms with van der Waals surface area (Å²) in [5.41, 5.74) is 1.14. The maximum absolute atomic E-state index is 10.7. The maximum Gasteiger partial charge on any atom is 0.269 e. The third-order valence-corrected chi connectivity index (χ3v) is 3.43. The first-order valence-electron chi connectivity index (χ1n) is 7.11. The number of nitrogens with zero attached hydrogens (tertiary/aromatic N) is 1. The van der Waals surface area contributed by atoms with Gasteiger partial charge in [-0.3, -0.25) is 10.1 Å². The summed E-state index contributed by atoms with van der Waals surface area (Å²) in [6, 6.07) is 6.83. The predicted molar refractivity (Wildman–Crippen MR) is 78.1 cm³/mol. The second kappa shape index (κ2) is 8.64. The van der Waals surface area contributed by atoms with E-state index >= 15 is 0 Å². The van der Waals surface area contributed by atoms with E-state index in [1.807, 2.05) is 6.07 Å². The van der Waals surface area contributed by atoms with Crippen LogP contribution >= 0.6 is 0 Å². The Balaban J connectivity index is 2.39. The van der Waals surface area contributed by atoms with Gasteiger partial charge in [0, 0.05) is 18.7 Å². The van der Waals surface area contributed by atoms with Gasteiger partial charge in [-0.05, 0) is 24.4 Å². The van der Waals surface area contributed by atoms with E-state index in [0.717, 1.165) is 12.1 Å². The predicted octanol–water partition coefficient (Wildman–Crippen LogP) is 3.90. The van der Waals surface area contributed by atoms with Crippen LogP contribution in [0.5, 0.6) is 0 Å². The molecule has 1 unspecified atom stereocenters. The lowest BCUT2D eigenvalue weighted by atomic mass is 9.99. The van der Waals surface area contributed by atoms with E-state index in [9.17, 15) is 10.1 Å². The van der Waals surface area contributed by atoms with Crippen molar-refractivity contribution >= 4 is 5.69 Å². The second-order valence-electron chi connectivity index (χ2n) is 4.97. The number of non-ortho nitro benzene ring substituents is 1. The standard InChI is InChI=1S/C15H24N2O2/c1-3-5-7-13(4-2)11-16-12-14-8-6-9-15(10-14)17(18)19/h6,8-10,13,16H,3-5,7,11-12H2,1-2H3. The van der Waals surface area contributed by atoms with Gasteiger partial charge >= 0.3 is 0 Å². The average molecular weight is 264 g/mol. The van der Waals surface area contributed by atoms with Crippen LogP contribution in [0, 0.1) is 16.0 Å². The van der Waals surface area contributed by atoms with Crippen LogP contribution in [-0.4, -0.2) is 11.5 Å². The van der Waals surface area contributed by atoms with Gasteiger partial charge in [-0.25, -0.2) is 0 Å². The number of nitro benzene ring substituents is 1. The van der Waals surface area contributed by atoms with Crippen LogP contribution < -0.4 is 5.32 Å². The Bertz CT molecular complexity index is 393. The highest BCUT2D eigenvalue weighted by molar-refractivity contribution is 5.34. The van der Waals surface area contributed by atoms with Crippen molar-refractivity contribution in [3.8, 4) is 0 Å². The van der Waals surface area contributed by atoms with Crippen LogP contribution in [-0.2, 0) is 6.54 Å². The van der Waals surface area contributed by atoms with Gasteiger partial charge in [-0.15, -0.1) is 0 Å². The van der Waals surface area contributed by atoms with E-state index in [4.69, 9.17) is 0 Å².